The van der Waals surface area contributed by atoms with Crippen LogP contribution in [0.4, 0.5) is 0 Å². The highest BCUT2D eigenvalue weighted by Crippen LogP contribution is 2.26. The number of rotatable bonds is 5. The van der Waals surface area contributed by atoms with Gasteiger partial charge in [-0.05, 0) is 24.1 Å². The van der Waals surface area contributed by atoms with E-state index in [-0.39, 0.29) is 5.91 Å². The van der Waals surface area contributed by atoms with Crippen molar-refractivity contribution in [2.75, 3.05) is 33.2 Å². The summed E-state index contributed by atoms with van der Waals surface area (Å²) in [5.74, 6) is 1.45. The number of nitrogens with zero attached hydrogens (tertiary/aromatic N) is 4. The number of furan rings is 1. The first-order chi connectivity index (χ1) is 12.2. The van der Waals surface area contributed by atoms with Crippen molar-refractivity contribution in [2.24, 2.45) is 12.0 Å². The average molecular weight is 344 g/mol. The molecule has 0 saturated carbocycles. The van der Waals surface area contributed by atoms with Crippen molar-refractivity contribution in [3.63, 3.8) is 0 Å². The van der Waals surface area contributed by atoms with E-state index in [1.54, 1.807) is 19.2 Å². The normalized spacial score (nSPS) is 17.8. The Balaban J connectivity index is 1.43. The van der Waals surface area contributed by atoms with Crippen LogP contribution >= 0.6 is 0 Å². The molecule has 1 saturated heterocycles. The summed E-state index contributed by atoms with van der Waals surface area (Å²) in [7, 11) is 3.72. The Kier molecular flexibility index (Phi) is 5.37. The third-order valence-electron chi connectivity index (χ3n) is 4.33. The maximum absolute atomic E-state index is 11.8. The van der Waals surface area contributed by atoms with E-state index in [4.69, 9.17) is 4.42 Å². The summed E-state index contributed by atoms with van der Waals surface area (Å²) in [6.45, 7) is 2.98. The quantitative estimate of drug-likeness (QED) is 0.476. The maximum Gasteiger partial charge on any atom is 0.287 e. The van der Waals surface area contributed by atoms with E-state index < -0.39 is 0 Å². The third-order valence-corrected chi connectivity index (χ3v) is 4.33. The molecule has 134 valence electrons. The summed E-state index contributed by atoms with van der Waals surface area (Å²) in [6, 6.07) is 3.34. The van der Waals surface area contributed by atoms with Crippen LogP contribution < -0.4 is 10.6 Å². The summed E-state index contributed by atoms with van der Waals surface area (Å²) in [5, 5.41) is 10.4. The van der Waals surface area contributed by atoms with Crippen LogP contribution in [0.25, 0.3) is 0 Å². The van der Waals surface area contributed by atoms with Crippen molar-refractivity contribution in [1.82, 2.24) is 25.3 Å². The van der Waals surface area contributed by atoms with Crippen LogP contribution in [0.5, 0.6) is 0 Å². The molecule has 3 heterocycles. The van der Waals surface area contributed by atoms with Gasteiger partial charge in [0, 0.05) is 52.4 Å². The molecule has 25 heavy (non-hydrogen) atoms. The third kappa shape index (κ3) is 4.20. The highest BCUT2D eigenvalue weighted by atomic mass is 16.3. The maximum atomic E-state index is 11.8. The molecular formula is C17H24N6O2. The molecule has 0 bridgehead atoms. The summed E-state index contributed by atoms with van der Waals surface area (Å²) < 4.78 is 6.90. The number of aliphatic imine (C=N–C) groups is 1. The lowest BCUT2D eigenvalue weighted by atomic mass is 10.0. The van der Waals surface area contributed by atoms with Crippen LogP contribution in [0.3, 0.4) is 0 Å². The molecule has 1 amide bonds. The van der Waals surface area contributed by atoms with Gasteiger partial charge in [-0.3, -0.25) is 14.5 Å². The number of carbonyl (C=O) groups excluding carboxylic acids is 1. The topological polar surface area (TPSA) is 87.7 Å². The van der Waals surface area contributed by atoms with Gasteiger partial charge in [-0.25, -0.2) is 0 Å². The van der Waals surface area contributed by atoms with E-state index in [2.05, 4.69) is 31.8 Å². The number of aryl methyl sites for hydroxylation is 1. The molecular weight excluding hydrogens is 320 g/mol. The number of amides is 1. The SMILES string of the molecule is CN=C(NCCNC(=O)c1ccco1)N1CCC(c2cnn(C)c2)C1. The molecule has 2 N–H and O–H groups in total. The van der Waals surface area contributed by atoms with Gasteiger partial charge in [0.25, 0.3) is 5.91 Å². The minimum absolute atomic E-state index is 0.209. The molecule has 3 rings (SSSR count). The summed E-state index contributed by atoms with van der Waals surface area (Å²) in [6.07, 6.45) is 6.59. The number of hydrogen-bond donors (Lipinski definition) is 2. The highest BCUT2D eigenvalue weighted by Gasteiger charge is 2.26. The van der Waals surface area contributed by atoms with Crippen molar-refractivity contribution in [3.8, 4) is 0 Å². The van der Waals surface area contributed by atoms with Crippen LogP contribution in [-0.4, -0.2) is 59.8 Å². The minimum Gasteiger partial charge on any atom is -0.459 e. The van der Waals surface area contributed by atoms with Gasteiger partial charge in [0.05, 0.1) is 12.5 Å². The Morgan fingerprint density at radius 3 is 2.96 bits per heavy atom. The lowest BCUT2D eigenvalue weighted by Gasteiger charge is -2.21. The fraction of sp³-hybridized carbons (Fsp3) is 0.471. The zero-order valence-electron chi connectivity index (χ0n) is 14.6. The van der Waals surface area contributed by atoms with Crippen molar-refractivity contribution >= 4 is 11.9 Å². The van der Waals surface area contributed by atoms with E-state index in [1.165, 1.54) is 11.8 Å². The average Bonchev–Trinajstić information content (AvgIpc) is 3.35. The van der Waals surface area contributed by atoms with Crippen LogP contribution in [-0.2, 0) is 7.05 Å². The van der Waals surface area contributed by atoms with Gasteiger partial charge >= 0.3 is 0 Å². The van der Waals surface area contributed by atoms with Crippen LogP contribution in [0, 0.1) is 0 Å². The molecule has 1 aliphatic heterocycles. The predicted molar refractivity (Wildman–Crippen MR) is 94.5 cm³/mol. The molecule has 1 atom stereocenters. The molecule has 0 spiro atoms. The van der Waals surface area contributed by atoms with Crippen LogP contribution in [0.15, 0.2) is 40.2 Å². The second-order valence-electron chi connectivity index (χ2n) is 6.09. The molecule has 2 aromatic heterocycles. The Morgan fingerprint density at radius 2 is 2.28 bits per heavy atom. The minimum atomic E-state index is -0.209. The van der Waals surface area contributed by atoms with Gasteiger partial charge in [-0.15, -0.1) is 0 Å². The number of aromatic nitrogens is 2. The summed E-state index contributed by atoms with van der Waals surface area (Å²) >= 11 is 0. The van der Waals surface area contributed by atoms with Crippen molar-refractivity contribution < 1.29 is 9.21 Å². The molecule has 1 unspecified atom stereocenters. The summed E-state index contributed by atoms with van der Waals surface area (Å²) in [5.41, 5.74) is 1.27. The van der Waals surface area contributed by atoms with E-state index >= 15 is 0 Å². The Bertz CT molecular complexity index is 721. The van der Waals surface area contributed by atoms with Crippen molar-refractivity contribution in [3.05, 3.63) is 42.1 Å². The fourth-order valence-electron chi connectivity index (χ4n) is 3.05. The first-order valence-corrected chi connectivity index (χ1v) is 8.43. The Hall–Kier alpha value is -2.77. The van der Waals surface area contributed by atoms with Gasteiger partial charge < -0.3 is 20.0 Å². The fourth-order valence-corrected chi connectivity index (χ4v) is 3.05. The largest absolute Gasteiger partial charge is 0.459 e. The first-order valence-electron chi connectivity index (χ1n) is 8.43. The van der Waals surface area contributed by atoms with Gasteiger partial charge in [0.1, 0.15) is 0 Å². The van der Waals surface area contributed by atoms with E-state index in [0.29, 0.717) is 24.8 Å². The number of carbonyl (C=O) groups is 1. The van der Waals surface area contributed by atoms with Crippen molar-refractivity contribution in [2.45, 2.75) is 12.3 Å². The first kappa shape index (κ1) is 17.1. The molecule has 2 aromatic rings. The molecule has 8 nitrogen and oxygen atoms in total. The van der Waals surface area contributed by atoms with Crippen LogP contribution in [0.1, 0.15) is 28.5 Å². The molecule has 1 aliphatic rings. The predicted octanol–water partition coefficient (Wildman–Crippen LogP) is 0.808. The smallest absolute Gasteiger partial charge is 0.287 e. The van der Waals surface area contributed by atoms with E-state index in [0.717, 1.165) is 25.5 Å². The van der Waals surface area contributed by atoms with Crippen LogP contribution in [0.2, 0.25) is 0 Å². The highest BCUT2D eigenvalue weighted by molar-refractivity contribution is 5.91. The molecule has 0 aromatic carbocycles. The summed E-state index contributed by atoms with van der Waals surface area (Å²) in [4.78, 5) is 18.4. The monoisotopic (exact) mass is 344 g/mol. The van der Waals surface area contributed by atoms with Gasteiger partial charge in [0.2, 0.25) is 0 Å². The van der Waals surface area contributed by atoms with E-state index in [9.17, 15) is 4.79 Å². The molecule has 0 aliphatic carbocycles. The standard InChI is InChI=1S/C17H24N6O2/c1-18-17(20-7-6-19-16(24)15-4-3-9-25-15)23-8-5-13(12-23)14-10-21-22(2)11-14/h3-4,9-11,13H,5-8,12H2,1-2H3,(H,18,20)(H,19,24). The van der Waals surface area contributed by atoms with Gasteiger partial charge in [0.15, 0.2) is 11.7 Å². The lowest BCUT2D eigenvalue weighted by molar-refractivity contribution is 0.0926. The van der Waals surface area contributed by atoms with Gasteiger partial charge in [-0.2, -0.15) is 5.10 Å². The zero-order valence-corrected chi connectivity index (χ0v) is 14.6. The Labute approximate surface area is 146 Å². The molecule has 0 radical (unpaired) electrons. The van der Waals surface area contributed by atoms with Crippen molar-refractivity contribution in [1.29, 1.82) is 0 Å². The number of nitrogens with one attached hydrogen (secondary N) is 2. The zero-order chi connectivity index (χ0) is 17.6. The van der Waals surface area contributed by atoms with E-state index in [1.807, 2.05) is 17.9 Å². The number of hydrogen-bond acceptors (Lipinski definition) is 4. The lowest BCUT2D eigenvalue weighted by Crippen LogP contribution is -2.43. The molecule has 8 heteroatoms. The Morgan fingerprint density at radius 1 is 1.44 bits per heavy atom. The number of likely N-dealkylation sites (tertiary alicyclic amines) is 1. The second-order valence-corrected chi connectivity index (χ2v) is 6.09. The number of guanidine groups is 1. The van der Waals surface area contributed by atoms with Gasteiger partial charge in [-0.1, -0.05) is 0 Å². The molecule has 1 fully saturated rings. The second kappa shape index (κ2) is 7.87.